The molecule has 2 fully saturated rings. The van der Waals surface area contributed by atoms with E-state index < -0.39 is 23.6 Å². The van der Waals surface area contributed by atoms with Crippen molar-refractivity contribution >= 4 is 45.5 Å². The molecule has 1 aromatic heterocycles. The van der Waals surface area contributed by atoms with E-state index in [9.17, 15) is 23.5 Å². The van der Waals surface area contributed by atoms with Gasteiger partial charge < -0.3 is 28.8 Å². The summed E-state index contributed by atoms with van der Waals surface area (Å²) < 4.78 is 41.9. The van der Waals surface area contributed by atoms with Crippen LogP contribution in [0.15, 0.2) is 83.3 Å². The van der Waals surface area contributed by atoms with E-state index in [1.54, 1.807) is 28.7 Å². The fraction of sp³-hybridized carbons (Fsp3) is 0.348. The Morgan fingerprint density at radius 3 is 1.78 bits per heavy atom. The fourth-order valence-electron chi connectivity index (χ4n) is 6.87. The molecule has 0 saturated carbocycles. The van der Waals surface area contributed by atoms with Crippen molar-refractivity contribution in [3.63, 3.8) is 0 Å². The second-order valence-electron chi connectivity index (χ2n) is 14.7. The molecule has 312 valence electrons. The predicted molar refractivity (Wildman–Crippen MR) is 234 cm³/mol. The smallest absolute Gasteiger partial charge is 0.341 e. The number of carbonyl (C=O) groups is 2. The highest BCUT2D eigenvalue weighted by atomic mass is 127. The Hall–Kier alpha value is -4.85. The molecule has 5 aromatic rings. The zero-order valence-corrected chi connectivity index (χ0v) is 36.1. The average molecular weight is 921 g/mol. The number of hydrogen-bond donors (Lipinski definition) is 1. The van der Waals surface area contributed by atoms with Crippen molar-refractivity contribution in [2.75, 3.05) is 80.7 Å². The first-order chi connectivity index (χ1) is 28.4. The van der Waals surface area contributed by atoms with Crippen molar-refractivity contribution in [1.82, 2.24) is 19.6 Å². The van der Waals surface area contributed by atoms with Gasteiger partial charge in [0.25, 0.3) is 0 Å². The summed E-state index contributed by atoms with van der Waals surface area (Å²) in [6, 6.07) is 22.9. The number of phenols is 1. The quantitative estimate of drug-likeness (QED) is 0.0987. The van der Waals surface area contributed by atoms with Crippen LogP contribution in [0.3, 0.4) is 0 Å². The van der Waals surface area contributed by atoms with Gasteiger partial charge in [-0.3, -0.25) is 9.80 Å². The standard InChI is InChI=1S/C23H25FN2O3.C15H20N2.C8H6FIO3/c1-25-8-3-9-26(11-10-25)15-16-4-6-17(7-5-16)21-13-18-12-19(24)14-20(22(18)29-21)23(27)28-2;1-3-14-5-7-15(8-6-14)13-17-10-4-9-16(2)11-12-17;1-13-8(12)5-2-4(9)3-6(10)7(5)11/h4-7,12-14H,3,8-11,15H2,1-2H3;1,5-8H,4,9-13H2,2H3;2-3,11H,1H3. The molecule has 2 aliphatic heterocycles. The van der Waals surface area contributed by atoms with Crippen molar-refractivity contribution in [3.05, 3.63) is 122 Å². The summed E-state index contributed by atoms with van der Waals surface area (Å²) in [5.41, 5.74) is 4.72. The third-order valence-corrected chi connectivity index (χ3v) is 11.0. The van der Waals surface area contributed by atoms with Crippen LogP contribution in [-0.4, -0.2) is 117 Å². The minimum atomic E-state index is -0.755. The number of ether oxygens (including phenoxy) is 2. The number of terminal acetylenes is 1. The van der Waals surface area contributed by atoms with Crippen LogP contribution in [0.4, 0.5) is 8.78 Å². The molecule has 0 atom stereocenters. The van der Waals surface area contributed by atoms with Crippen LogP contribution >= 0.6 is 22.6 Å². The molecule has 0 spiro atoms. The number of phenolic OH excluding ortho intramolecular Hbond substituents is 1. The van der Waals surface area contributed by atoms with Crippen LogP contribution in [-0.2, 0) is 22.6 Å². The van der Waals surface area contributed by atoms with Crippen LogP contribution in [0, 0.1) is 27.5 Å². The second-order valence-corrected chi connectivity index (χ2v) is 15.8. The number of rotatable bonds is 7. The largest absolute Gasteiger partial charge is 0.506 e. The molecule has 13 heteroatoms. The number of halogens is 3. The summed E-state index contributed by atoms with van der Waals surface area (Å²) in [5.74, 6) is 0.545. The molecule has 10 nitrogen and oxygen atoms in total. The maximum atomic E-state index is 13.9. The number of carbonyl (C=O) groups excluding carboxylic acids is 2. The number of esters is 2. The Bertz CT molecular complexity index is 2220. The number of likely N-dealkylation sites (N-methyl/N-ethyl adjacent to an activating group) is 2. The zero-order valence-electron chi connectivity index (χ0n) is 34.0. The number of methoxy groups -OCH3 is 2. The van der Waals surface area contributed by atoms with E-state index in [1.807, 2.05) is 24.3 Å². The van der Waals surface area contributed by atoms with E-state index in [1.165, 1.54) is 63.9 Å². The van der Waals surface area contributed by atoms with Crippen molar-refractivity contribution in [2.24, 2.45) is 0 Å². The van der Waals surface area contributed by atoms with Gasteiger partial charge in [0.15, 0.2) is 0 Å². The topological polar surface area (TPSA) is 98.9 Å². The summed E-state index contributed by atoms with van der Waals surface area (Å²) in [4.78, 5) is 32.7. The molecule has 0 radical (unpaired) electrons. The molecule has 2 aliphatic rings. The number of benzene rings is 4. The van der Waals surface area contributed by atoms with Gasteiger partial charge in [-0.2, -0.15) is 0 Å². The Morgan fingerprint density at radius 1 is 0.729 bits per heavy atom. The van der Waals surface area contributed by atoms with Crippen LogP contribution < -0.4 is 0 Å². The molecule has 0 unspecified atom stereocenters. The van der Waals surface area contributed by atoms with E-state index in [2.05, 4.69) is 68.6 Å². The number of aromatic hydroxyl groups is 1. The van der Waals surface area contributed by atoms with Crippen molar-refractivity contribution in [2.45, 2.75) is 25.9 Å². The van der Waals surface area contributed by atoms with Gasteiger partial charge in [-0.05, 0) is 129 Å². The van der Waals surface area contributed by atoms with Crippen molar-refractivity contribution < 1.29 is 37.4 Å². The Labute approximate surface area is 358 Å². The van der Waals surface area contributed by atoms with E-state index in [4.69, 9.17) is 15.6 Å². The summed E-state index contributed by atoms with van der Waals surface area (Å²) in [6.45, 7) is 11.1. The first kappa shape index (κ1) is 45.2. The molecule has 0 bridgehead atoms. The summed E-state index contributed by atoms with van der Waals surface area (Å²) in [6.07, 6.45) is 7.80. The van der Waals surface area contributed by atoms with E-state index in [0.29, 0.717) is 16.7 Å². The third-order valence-electron chi connectivity index (χ3n) is 10.2. The molecule has 0 aliphatic carbocycles. The lowest BCUT2D eigenvalue weighted by Crippen LogP contribution is -2.28. The Kier molecular flexibility index (Phi) is 16.8. The SMILES string of the molecule is C#Cc1ccc(CN2CCCN(C)CC2)cc1.COC(=O)c1cc(F)cc(I)c1O.COC(=O)c1cc(F)cc2cc(-c3ccc(CN4CCCN(C)CC4)cc3)oc12. The molecule has 4 aromatic carbocycles. The lowest BCUT2D eigenvalue weighted by molar-refractivity contribution is 0.0589. The molecule has 2 saturated heterocycles. The number of nitrogens with zero attached hydrogens (tertiary/aromatic N) is 4. The molecule has 3 heterocycles. The van der Waals surface area contributed by atoms with Crippen molar-refractivity contribution in [3.8, 4) is 29.4 Å². The maximum absolute atomic E-state index is 13.9. The van der Waals surface area contributed by atoms with Gasteiger partial charge in [-0.25, -0.2) is 18.4 Å². The average Bonchev–Trinajstić information content (AvgIpc) is 3.41. The van der Waals surface area contributed by atoms with Gasteiger partial charge >= 0.3 is 11.9 Å². The second kappa shape index (κ2) is 22.0. The molecule has 7 rings (SSSR count). The normalized spacial score (nSPS) is 15.4. The van der Waals surface area contributed by atoms with Crippen LogP contribution in [0.1, 0.15) is 50.2 Å². The predicted octanol–water partition coefficient (Wildman–Crippen LogP) is 7.89. The van der Waals surface area contributed by atoms with Gasteiger partial charge in [-0.1, -0.05) is 42.3 Å². The lowest BCUT2D eigenvalue weighted by Gasteiger charge is -2.20. The molecular formula is C46H51F2IN4O6. The van der Waals surface area contributed by atoms with Gasteiger partial charge in [0.2, 0.25) is 0 Å². The van der Waals surface area contributed by atoms with Crippen LogP contribution in [0.2, 0.25) is 0 Å². The van der Waals surface area contributed by atoms with Crippen LogP contribution in [0.5, 0.6) is 5.75 Å². The van der Waals surface area contributed by atoms with Crippen LogP contribution in [0.25, 0.3) is 22.3 Å². The third kappa shape index (κ3) is 13.1. The minimum Gasteiger partial charge on any atom is -0.506 e. The van der Waals surface area contributed by atoms with E-state index in [-0.39, 0.29) is 20.4 Å². The Balaban J connectivity index is 0.000000187. The zero-order chi connectivity index (χ0) is 42.5. The minimum absolute atomic E-state index is 0.0940. The highest BCUT2D eigenvalue weighted by molar-refractivity contribution is 14.1. The van der Waals surface area contributed by atoms with Gasteiger partial charge in [-0.15, -0.1) is 6.42 Å². The number of furan rings is 1. The first-order valence-corrected chi connectivity index (χ1v) is 20.5. The number of hydrogen-bond acceptors (Lipinski definition) is 10. The highest BCUT2D eigenvalue weighted by Crippen LogP contribution is 2.32. The lowest BCUT2D eigenvalue weighted by atomic mass is 10.1. The monoisotopic (exact) mass is 920 g/mol. The van der Waals surface area contributed by atoms with E-state index in [0.717, 1.165) is 75.1 Å². The van der Waals surface area contributed by atoms with E-state index >= 15 is 0 Å². The Morgan fingerprint density at radius 2 is 1.24 bits per heavy atom. The number of fused-ring (bicyclic) bond motifs is 1. The van der Waals surface area contributed by atoms with Gasteiger partial charge in [0.1, 0.15) is 39.9 Å². The summed E-state index contributed by atoms with van der Waals surface area (Å²) in [7, 11) is 6.80. The highest BCUT2D eigenvalue weighted by Gasteiger charge is 2.19. The van der Waals surface area contributed by atoms with Gasteiger partial charge in [0.05, 0.1) is 17.8 Å². The maximum Gasteiger partial charge on any atom is 0.341 e. The molecule has 1 N–H and O–H groups in total. The van der Waals surface area contributed by atoms with Gasteiger partial charge in [0, 0.05) is 55.8 Å². The fourth-order valence-corrected chi connectivity index (χ4v) is 7.45. The molecular weight excluding hydrogens is 869 g/mol. The summed E-state index contributed by atoms with van der Waals surface area (Å²) in [5, 5.41) is 9.89. The first-order valence-electron chi connectivity index (χ1n) is 19.4. The molecule has 0 amide bonds. The molecule has 59 heavy (non-hydrogen) atoms. The summed E-state index contributed by atoms with van der Waals surface area (Å²) >= 11 is 1.73. The van der Waals surface area contributed by atoms with Crippen molar-refractivity contribution in [1.29, 1.82) is 0 Å².